The van der Waals surface area contributed by atoms with Gasteiger partial charge in [-0.25, -0.2) is 9.59 Å². The lowest BCUT2D eigenvalue weighted by atomic mass is 9.84. The molecule has 4 N–H and O–H groups in total. The third kappa shape index (κ3) is 10.9. The first-order chi connectivity index (χ1) is 21.8. The van der Waals surface area contributed by atoms with Gasteiger partial charge in [0.1, 0.15) is 24.7 Å². The lowest BCUT2D eigenvalue weighted by Gasteiger charge is -2.37. The number of nitrogens with one attached hydrogen (secondary N) is 4. The molecule has 1 aromatic carbocycles. The van der Waals surface area contributed by atoms with Crippen molar-refractivity contribution in [1.29, 1.82) is 0 Å². The first-order valence-electron chi connectivity index (χ1n) is 16.1. The van der Waals surface area contributed by atoms with Crippen molar-refractivity contribution in [3.05, 3.63) is 48.6 Å². The molecule has 0 saturated carbocycles. The summed E-state index contributed by atoms with van der Waals surface area (Å²) in [6, 6.07) is 4.28. The Balaban J connectivity index is 2.25. The van der Waals surface area contributed by atoms with Crippen LogP contribution in [-0.4, -0.2) is 77.7 Å². The van der Waals surface area contributed by atoms with Crippen molar-refractivity contribution in [3.63, 3.8) is 0 Å². The number of Topliss-reactive ketones (excluding diaryl/α,β-unsaturated/α-hetero) is 1. The number of carbonyl (C=O) groups is 6. The Morgan fingerprint density at radius 3 is 2.02 bits per heavy atom. The van der Waals surface area contributed by atoms with Crippen LogP contribution in [0.3, 0.4) is 0 Å². The van der Waals surface area contributed by atoms with E-state index in [0.29, 0.717) is 6.42 Å². The molecule has 1 aliphatic rings. The van der Waals surface area contributed by atoms with Crippen LogP contribution in [-0.2, 0) is 35.3 Å². The van der Waals surface area contributed by atoms with Gasteiger partial charge in [0, 0.05) is 13.1 Å². The highest BCUT2D eigenvalue weighted by molar-refractivity contribution is 6.38. The Hall–Kier alpha value is -4.22. The molecule has 3 unspecified atom stereocenters. The van der Waals surface area contributed by atoms with E-state index in [2.05, 4.69) is 27.8 Å². The van der Waals surface area contributed by atoms with Crippen LogP contribution in [0, 0.1) is 22.7 Å². The van der Waals surface area contributed by atoms with E-state index in [4.69, 9.17) is 4.74 Å². The standard InChI is InChI=1S/C35H53N5O7/c1-11-18-36-30(43)26(41)22(4)37-29(42)25-24(21(2)3)17-19-40(25)31(44)27(34(5,6)7)38-33(46)39-28(35(8,9)10)32(45)47-20-23-15-13-12-14-16-23/h11-16,21-22,24-25,27-28H,1,17-20H2,2-10H3,(H,36,43)(H,37,42)(H2,38,39,46)/t22?,24?,25-,27?,28+/m0/s1. The molecule has 2 rings (SSSR count). The molecule has 0 spiro atoms. The van der Waals surface area contributed by atoms with Crippen LogP contribution in [0.25, 0.3) is 0 Å². The van der Waals surface area contributed by atoms with Gasteiger partial charge in [0.25, 0.3) is 5.91 Å². The van der Waals surface area contributed by atoms with E-state index in [1.165, 1.54) is 17.9 Å². The summed E-state index contributed by atoms with van der Waals surface area (Å²) in [4.78, 5) is 80.6. The summed E-state index contributed by atoms with van der Waals surface area (Å²) in [5.74, 6) is -3.53. The molecule has 1 aromatic rings. The predicted molar refractivity (Wildman–Crippen MR) is 179 cm³/mol. The fourth-order valence-electron chi connectivity index (χ4n) is 5.47. The Morgan fingerprint density at radius 1 is 0.915 bits per heavy atom. The molecule has 0 aromatic heterocycles. The van der Waals surface area contributed by atoms with E-state index < -0.39 is 70.5 Å². The molecule has 5 atom stereocenters. The molecule has 47 heavy (non-hydrogen) atoms. The normalized spacial score (nSPS) is 18.4. The highest BCUT2D eigenvalue weighted by atomic mass is 16.5. The summed E-state index contributed by atoms with van der Waals surface area (Å²) >= 11 is 0. The Kier molecular flexibility index (Phi) is 13.7. The number of urea groups is 1. The minimum Gasteiger partial charge on any atom is -0.459 e. The van der Waals surface area contributed by atoms with Crippen LogP contribution in [0.1, 0.15) is 74.3 Å². The maximum absolute atomic E-state index is 14.2. The lowest BCUT2D eigenvalue weighted by molar-refractivity contribution is -0.150. The third-order valence-electron chi connectivity index (χ3n) is 8.22. The number of benzene rings is 1. The van der Waals surface area contributed by atoms with Gasteiger partial charge in [0.2, 0.25) is 17.6 Å². The number of ether oxygens (including phenoxy) is 1. The topological polar surface area (TPSA) is 163 Å². The zero-order valence-electron chi connectivity index (χ0n) is 29.3. The fraction of sp³-hybridized carbons (Fsp3) is 0.600. The van der Waals surface area contributed by atoms with Crippen molar-refractivity contribution >= 4 is 35.5 Å². The number of esters is 1. The van der Waals surface area contributed by atoms with Crippen molar-refractivity contribution in [2.75, 3.05) is 13.1 Å². The molecular weight excluding hydrogens is 602 g/mol. The van der Waals surface area contributed by atoms with Crippen molar-refractivity contribution in [3.8, 4) is 0 Å². The average Bonchev–Trinajstić information content (AvgIpc) is 3.45. The number of carbonyl (C=O) groups excluding carboxylic acids is 6. The van der Waals surface area contributed by atoms with Crippen molar-refractivity contribution in [1.82, 2.24) is 26.2 Å². The summed E-state index contributed by atoms with van der Waals surface area (Å²) in [5, 5.41) is 10.5. The van der Waals surface area contributed by atoms with Gasteiger partial charge in [0.15, 0.2) is 0 Å². The third-order valence-corrected chi connectivity index (χ3v) is 8.22. The quantitative estimate of drug-likeness (QED) is 0.144. The van der Waals surface area contributed by atoms with Gasteiger partial charge in [-0.05, 0) is 41.6 Å². The maximum Gasteiger partial charge on any atom is 0.329 e. The minimum absolute atomic E-state index is 0.0178. The van der Waals surface area contributed by atoms with Crippen LogP contribution >= 0.6 is 0 Å². The largest absolute Gasteiger partial charge is 0.459 e. The number of ketones is 1. The maximum atomic E-state index is 14.2. The smallest absolute Gasteiger partial charge is 0.329 e. The van der Waals surface area contributed by atoms with Gasteiger partial charge in [-0.2, -0.15) is 0 Å². The lowest BCUT2D eigenvalue weighted by Crippen LogP contribution is -2.62. The number of nitrogens with zero attached hydrogens (tertiary/aromatic N) is 1. The predicted octanol–water partition coefficient (Wildman–Crippen LogP) is 3.11. The highest BCUT2D eigenvalue weighted by Crippen LogP contribution is 2.33. The summed E-state index contributed by atoms with van der Waals surface area (Å²) in [6.45, 7) is 20.0. The molecule has 260 valence electrons. The molecule has 5 amide bonds. The van der Waals surface area contributed by atoms with E-state index in [9.17, 15) is 28.8 Å². The molecule has 0 aliphatic carbocycles. The van der Waals surface area contributed by atoms with Crippen LogP contribution in [0.2, 0.25) is 0 Å². The monoisotopic (exact) mass is 655 g/mol. The number of amides is 5. The van der Waals surface area contributed by atoms with Gasteiger partial charge < -0.3 is 30.9 Å². The van der Waals surface area contributed by atoms with Crippen LogP contribution < -0.4 is 21.3 Å². The molecule has 12 heteroatoms. The van der Waals surface area contributed by atoms with E-state index in [0.717, 1.165) is 5.56 Å². The van der Waals surface area contributed by atoms with Crippen LogP contribution in [0.5, 0.6) is 0 Å². The highest BCUT2D eigenvalue weighted by Gasteiger charge is 2.48. The number of hydrogen-bond donors (Lipinski definition) is 4. The zero-order valence-corrected chi connectivity index (χ0v) is 29.3. The summed E-state index contributed by atoms with van der Waals surface area (Å²) in [6.07, 6.45) is 1.97. The van der Waals surface area contributed by atoms with E-state index in [1.807, 2.05) is 44.2 Å². The van der Waals surface area contributed by atoms with Gasteiger partial charge >= 0.3 is 12.0 Å². The molecular formula is C35H53N5O7. The first kappa shape index (κ1) is 39.0. The summed E-state index contributed by atoms with van der Waals surface area (Å²) < 4.78 is 5.52. The van der Waals surface area contributed by atoms with E-state index in [1.54, 1.807) is 41.5 Å². The van der Waals surface area contributed by atoms with Gasteiger partial charge in [-0.15, -0.1) is 6.58 Å². The summed E-state index contributed by atoms with van der Waals surface area (Å²) in [5.41, 5.74) is -0.704. The van der Waals surface area contributed by atoms with Crippen LogP contribution in [0.4, 0.5) is 4.79 Å². The van der Waals surface area contributed by atoms with E-state index >= 15 is 0 Å². The SMILES string of the molecule is C=CCNC(=O)C(=O)C(C)NC(=O)[C@@H]1C(C(C)C)CCN1C(=O)C(NC(=O)N[C@H](C(=O)OCc1ccccc1)C(C)(C)C)C(C)(C)C. The van der Waals surface area contributed by atoms with Gasteiger partial charge in [-0.1, -0.05) is 91.8 Å². The Morgan fingerprint density at radius 2 is 1.49 bits per heavy atom. The number of likely N-dealkylation sites (tertiary alicyclic amines) is 1. The first-order valence-corrected chi connectivity index (χ1v) is 16.1. The molecule has 1 saturated heterocycles. The average molecular weight is 656 g/mol. The fourth-order valence-corrected chi connectivity index (χ4v) is 5.47. The number of hydrogen-bond acceptors (Lipinski definition) is 7. The second kappa shape index (κ2) is 16.6. The zero-order chi connectivity index (χ0) is 35.7. The van der Waals surface area contributed by atoms with Crippen molar-refractivity contribution in [2.24, 2.45) is 22.7 Å². The molecule has 1 fully saturated rings. The van der Waals surface area contributed by atoms with Gasteiger partial charge in [0.05, 0.1) is 6.04 Å². The minimum atomic E-state index is -1.13. The van der Waals surface area contributed by atoms with Gasteiger partial charge in [-0.3, -0.25) is 19.2 Å². The van der Waals surface area contributed by atoms with Crippen molar-refractivity contribution < 1.29 is 33.5 Å². The number of rotatable bonds is 13. The second-order valence-corrected chi connectivity index (χ2v) is 14.6. The second-order valence-electron chi connectivity index (χ2n) is 14.6. The van der Waals surface area contributed by atoms with Crippen LogP contribution in [0.15, 0.2) is 43.0 Å². The molecule has 1 aliphatic heterocycles. The summed E-state index contributed by atoms with van der Waals surface area (Å²) in [7, 11) is 0. The molecule has 0 radical (unpaired) electrons. The molecule has 1 heterocycles. The Bertz CT molecular complexity index is 1300. The molecule has 0 bridgehead atoms. The Labute approximate surface area is 278 Å². The van der Waals surface area contributed by atoms with Crippen molar-refractivity contribution in [2.45, 2.75) is 99.5 Å². The van der Waals surface area contributed by atoms with E-state index in [-0.39, 0.29) is 31.5 Å². The molecule has 12 nitrogen and oxygen atoms in total.